The van der Waals surface area contributed by atoms with Crippen LogP contribution >= 0.6 is 0 Å². The third kappa shape index (κ3) is 11.8. The summed E-state index contributed by atoms with van der Waals surface area (Å²) in [7, 11) is 0. The molecule has 0 fully saturated rings. The topological polar surface area (TPSA) is 158 Å². The van der Waals surface area contributed by atoms with Gasteiger partial charge in [-0.1, -0.05) is 48.6 Å². The molecule has 0 aliphatic rings. The lowest BCUT2D eigenvalue weighted by Gasteiger charge is -2.09. The first-order chi connectivity index (χ1) is 15.0. The second-order valence-corrected chi connectivity index (χ2v) is 7.54. The van der Waals surface area contributed by atoms with Crippen molar-refractivity contribution in [2.45, 2.75) is 64.3 Å². The smallest absolute Gasteiger partial charge is 0.307 e. The van der Waals surface area contributed by atoms with E-state index in [2.05, 4.69) is 15.3 Å². The van der Waals surface area contributed by atoms with Gasteiger partial charge >= 0.3 is 5.97 Å². The molecule has 9 nitrogen and oxygen atoms in total. The van der Waals surface area contributed by atoms with Gasteiger partial charge in [0, 0.05) is 36.4 Å². The highest BCUT2D eigenvalue weighted by atomic mass is 16.4. The Labute approximate surface area is 183 Å². The van der Waals surface area contributed by atoms with Crippen LogP contribution in [0.15, 0.2) is 29.4 Å². The maximum atomic E-state index is 12.2. The first-order valence-corrected chi connectivity index (χ1v) is 10.8. The number of nitrogens with two attached hydrogens (primary N) is 1. The van der Waals surface area contributed by atoms with Crippen molar-refractivity contribution in [2.75, 3.05) is 13.1 Å². The SMILES string of the molecule is [N-]=[N+]=NCc1ccc(C(=O)CCCCCCC(=O)NCCCC[C@H](CN)C(=O)O)cc1. The largest absolute Gasteiger partial charge is 0.481 e. The van der Waals surface area contributed by atoms with Crippen molar-refractivity contribution in [3.05, 3.63) is 45.8 Å². The van der Waals surface area contributed by atoms with Gasteiger partial charge in [0.1, 0.15) is 0 Å². The number of nitrogens with zero attached hydrogens (tertiary/aromatic N) is 3. The highest BCUT2D eigenvalue weighted by molar-refractivity contribution is 5.96. The van der Waals surface area contributed by atoms with Crippen LogP contribution in [0.2, 0.25) is 0 Å². The number of rotatable bonds is 17. The zero-order valence-electron chi connectivity index (χ0n) is 18.0. The molecule has 0 heterocycles. The highest BCUT2D eigenvalue weighted by Crippen LogP contribution is 2.12. The third-order valence-corrected chi connectivity index (χ3v) is 5.09. The maximum Gasteiger partial charge on any atom is 0.307 e. The van der Waals surface area contributed by atoms with Crippen molar-refractivity contribution in [1.82, 2.24) is 5.32 Å². The molecule has 0 aliphatic heterocycles. The monoisotopic (exact) mass is 431 g/mol. The molecule has 0 saturated carbocycles. The van der Waals surface area contributed by atoms with E-state index in [1.807, 2.05) is 0 Å². The van der Waals surface area contributed by atoms with Gasteiger partial charge in [0.05, 0.1) is 12.5 Å². The van der Waals surface area contributed by atoms with Crippen LogP contribution in [0.4, 0.5) is 0 Å². The van der Waals surface area contributed by atoms with Crippen LogP contribution in [0.1, 0.15) is 73.7 Å². The van der Waals surface area contributed by atoms with Gasteiger partial charge in [0.25, 0.3) is 0 Å². The number of unbranched alkanes of at least 4 members (excludes halogenated alkanes) is 4. The lowest BCUT2D eigenvalue weighted by Crippen LogP contribution is -2.25. The summed E-state index contributed by atoms with van der Waals surface area (Å²) >= 11 is 0. The van der Waals surface area contributed by atoms with Gasteiger partial charge in [-0.05, 0) is 36.8 Å². The molecule has 4 N–H and O–H groups in total. The van der Waals surface area contributed by atoms with E-state index in [0.717, 1.165) is 44.1 Å². The van der Waals surface area contributed by atoms with Crippen molar-refractivity contribution in [1.29, 1.82) is 0 Å². The molecule has 0 unspecified atom stereocenters. The highest BCUT2D eigenvalue weighted by Gasteiger charge is 2.14. The van der Waals surface area contributed by atoms with E-state index in [9.17, 15) is 14.4 Å². The minimum absolute atomic E-state index is 0.00510. The minimum atomic E-state index is -0.867. The summed E-state index contributed by atoms with van der Waals surface area (Å²) in [4.78, 5) is 37.6. The number of carbonyl (C=O) groups excluding carboxylic acids is 2. The number of hydrogen-bond donors (Lipinski definition) is 3. The van der Waals surface area contributed by atoms with Crippen molar-refractivity contribution >= 4 is 17.7 Å². The van der Waals surface area contributed by atoms with E-state index < -0.39 is 11.9 Å². The quantitative estimate of drug-likeness (QED) is 0.112. The Bertz CT molecular complexity index is 745. The molecule has 0 bridgehead atoms. The number of carboxylic acid groups (broad SMARTS) is 1. The Balaban J connectivity index is 2.06. The lowest BCUT2D eigenvalue weighted by molar-refractivity contribution is -0.141. The predicted octanol–water partition coefficient (Wildman–Crippen LogP) is 3.97. The molecule has 0 spiro atoms. The number of ketones is 1. The van der Waals surface area contributed by atoms with Gasteiger partial charge in [0.15, 0.2) is 5.78 Å². The van der Waals surface area contributed by atoms with Crippen LogP contribution in [-0.4, -0.2) is 35.9 Å². The number of carboxylic acids is 1. The van der Waals surface area contributed by atoms with Crippen molar-refractivity contribution < 1.29 is 19.5 Å². The fourth-order valence-electron chi connectivity index (χ4n) is 3.15. The van der Waals surface area contributed by atoms with Gasteiger partial charge in [-0.3, -0.25) is 14.4 Å². The Morgan fingerprint density at radius 1 is 1.03 bits per heavy atom. The molecule has 1 rings (SSSR count). The average molecular weight is 432 g/mol. The molecular weight excluding hydrogens is 398 g/mol. The number of Topliss-reactive ketones (excluding diaryl/α,β-unsaturated/α-hetero) is 1. The van der Waals surface area contributed by atoms with E-state index in [1.165, 1.54) is 0 Å². The number of hydrogen-bond acceptors (Lipinski definition) is 5. The van der Waals surface area contributed by atoms with E-state index in [4.69, 9.17) is 16.4 Å². The summed E-state index contributed by atoms with van der Waals surface area (Å²) in [6.07, 6.45) is 6.27. The Morgan fingerprint density at radius 3 is 2.32 bits per heavy atom. The first-order valence-electron chi connectivity index (χ1n) is 10.8. The molecule has 1 atom stereocenters. The van der Waals surface area contributed by atoms with Crippen LogP contribution in [-0.2, 0) is 16.1 Å². The van der Waals surface area contributed by atoms with Crippen LogP contribution in [0.3, 0.4) is 0 Å². The van der Waals surface area contributed by atoms with Gasteiger partial charge in [0.2, 0.25) is 5.91 Å². The van der Waals surface area contributed by atoms with Crippen molar-refractivity contribution in [3.63, 3.8) is 0 Å². The molecule has 1 aromatic carbocycles. The number of benzene rings is 1. The molecule has 9 heteroatoms. The second kappa shape index (κ2) is 15.9. The van der Waals surface area contributed by atoms with Gasteiger partial charge in [-0.2, -0.15) is 0 Å². The van der Waals surface area contributed by atoms with Crippen LogP contribution in [0.25, 0.3) is 10.4 Å². The Hall–Kier alpha value is -2.90. The molecule has 0 aromatic heterocycles. The van der Waals surface area contributed by atoms with Crippen LogP contribution < -0.4 is 11.1 Å². The van der Waals surface area contributed by atoms with Crippen LogP contribution in [0.5, 0.6) is 0 Å². The molecule has 170 valence electrons. The van der Waals surface area contributed by atoms with E-state index >= 15 is 0 Å². The maximum absolute atomic E-state index is 12.2. The van der Waals surface area contributed by atoms with Crippen LogP contribution in [0, 0.1) is 5.92 Å². The number of nitrogens with one attached hydrogen (secondary N) is 1. The van der Waals surface area contributed by atoms with Gasteiger partial charge in [-0.15, -0.1) is 0 Å². The minimum Gasteiger partial charge on any atom is -0.481 e. The number of carbonyl (C=O) groups is 3. The Kier molecular flexibility index (Phi) is 13.4. The van der Waals surface area contributed by atoms with Crippen molar-refractivity contribution in [3.8, 4) is 0 Å². The normalized spacial score (nSPS) is 11.4. The summed E-state index contributed by atoms with van der Waals surface area (Å²) in [5, 5.41) is 15.3. The predicted molar refractivity (Wildman–Crippen MR) is 118 cm³/mol. The standard InChI is InChI=1S/C22H33N5O4/c23-15-19(22(30)31)7-5-6-14-25-21(29)9-4-2-1-3-8-20(28)18-12-10-17(11-13-18)16-26-27-24/h10-13,19H,1-9,14-16,23H2,(H,25,29)(H,30,31)/t19-/m1/s1. The average Bonchev–Trinajstić information content (AvgIpc) is 2.77. The van der Waals surface area contributed by atoms with E-state index in [1.54, 1.807) is 24.3 Å². The van der Waals surface area contributed by atoms with Gasteiger partial charge in [-0.25, -0.2) is 0 Å². The van der Waals surface area contributed by atoms with E-state index in [0.29, 0.717) is 31.4 Å². The molecule has 0 radical (unpaired) electrons. The van der Waals surface area contributed by atoms with E-state index in [-0.39, 0.29) is 24.8 Å². The summed E-state index contributed by atoms with van der Waals surface area (Å²) in [5.74, 6) is -1.28. The van der Waals surface area contributed by atoms with Gasteiger partial charge < -0.3 is 16.2 Å². The zero-order chi connectivity index (χ0) is 22.9. The fraction of sp³-hybridized carbons (Fsp3) is 0.591. The third-order valence-electron chi connectivity index (χ3n) is 5.09. The summed E-state index contributed by atoms with van der Waals surface area (Å²) in [6.45, 7) is 0.961. The molecule has 0 aliphatic carbocycles. The zero-order valence-corrected chi connectivity index (χ0v) is 18.0. The first kappa shape index (κ1) is 26.1. The summed E-state index contributed by atoms with van der Waals surface area (Å²) < 4.78 is 0. The Morgan fingerprint density at radius 2 is 1.71 bits per heavy atom. The fourth-order valence-corrected chi connectivity index (χ4v) is 3.15. The molecule has 1 aromatic rings. The molecular formula is C22H33N5O4. The molecule has 1 amide bonds. The summed E-state index contributed by atoms with van der Waals surface area (Å²) in [5.41, 5.74) is 15.3. The molecule has 31 heavy (non-hydrogen) atoms. The summed E-state index contributed by atoms with van der Waals surface area (Å²) in [6, 6.07) is 7.10. The van der Waals surface area contributed by atoms with Crippen molar-refractivity contribution in [2.24, 2.45) is 16.8 Å². The number of azide groups is 1. The molecule has 0 saturated heterocycles. The number of amides is 1. The lowest BCUT2D eigenvalue weighted by atomic mass is 10.0. The number of aliphatic carboxylic acids is 1. The second-order valence-electron chi connectivity index (χ2n) is 7.54.